The van der Waals surface area contributed by atoms with Crippen molar-refractivity contribution in [1.82, 2.24) is 14.1 Å². The minimum atomic E-state index is -0.217. The van der Waals surface area contributed by atoms with Crippen LogP contribution in [0.1, 0.15) is 21.5 Å². The molecule has 5 nitrogen and oxygen atoms in total. The Labute approximate surface area is 177 Å². The van der Waals surface area contributed by atoms with Gasteiger partial charge in [0.1, 0.15) is 5.65 Å². The third kappa shape index (κ3) is 3.86. The van der Waals surface area contributed by atoms with Gasteiger partial charge in [-0.05, 0) is 35.9 Å². The first-order valence-corrected chi connectivity index (χ1v) is 10.3. The van der Waals surface area contributed by atoms with Crippen molar-refractivity contribution >= 4 is 40.2 Å². The summed E-state index contributed by atoms with van der Waals surface area (Å²) < 4.78 is 3.85. The van der Waals surface area contributed by atoms with E-state index in [1.54, 1.807) is 30.3 Å². The first kappa shape index (κ1) is 19.5. The summed E-state index contributed by atoms with van der Waals surface area (Å²) in [6.07, 6.45) is 1.86. The molecule has 2 heterocycles. The Morgan fingerprint density at radius 1 is 1.00 bits per heavy atom. The molecule has 0 radical (unpaired) electrons. The van der Waals surface area contributed by atoms with E-state index in [-0.39, 0.29) is 11.3 Å². The lowest BCUT2D eigenvalue weighted by molar-refractivity contribution is 0.103. The third-order valence-corrected chi connectivity index (χ3v) is 6.12. The van der Waals surface area contributed by atoms with Crippen molar-refractivity contribution in [3.05, 3.63) is 92.9 Å². The predicted octanol–water partition coefficient (Wildman–Crippen LogP) is 4.45. The molecule has 0 unspecified atom stereocenters. The molecule has 0 spiro atoms. The molecule has 4 rings (SSSR count). The van der Waals surface area contributed by atoms with E-state index in [1.165, 1.54) is 11.8 Å². The van der Waals surface area contributed by atoms with Crippen molar-refractivity contribution in [3.63, 3.8) is 0 Å². The maximum absolute atomic E-state index is 12.6. The van der Waals surface area contributed by atoms with Gasteiger partial charge in [0.05, 0.1) is 5.39 Å². The molecule has 29 heavy (non-hydrogen) atoms. The summed E-state index contributed by atoms with van der Waals surface area (Å²) in [6.45, 7) is 0. The second-order valence-electron chi connectivity index (χ2n) is 6.74. The van der Waals surface area contributed by atoms with Crippen molar-refractivity contribution in [3.8, 4) is 0 Å². The van der Waals surface area contributed by atoms with Gasteiger partial charge in [-0.25, -0.2) is 0 Å². The van der Waals surface area contributed by atoms with Crippen LogP contribution in [0, 0.1) is 0 Å². The number of benzene rings is 2. The number of hydrogen-bond donors (Lipinski definition) is 0. The van der Waals surface area contributed by atoms with Gasteiger partial charge in [-0.2, -0.15) is 4.98 Å². The van der Waals surface area contributed by atoms with Crippen LogP contribution < -0.4 is 5.56 Å². The average molecular weight is 424 g/mol. The van der Waals surface area contributed by atoms with Crippen LogP contribution in [0.3, 0.4) is 0 Å². The van der Waals surface area contributed by atoms with Gasteiger partial charge in [0.15, 0.2) is 10.9 Å². The average Bonchev–Trinajstić information content (AvgIpc) is 3.12. The summed E-state index contributed by atoms with van der Waals surface area (Å²) in [5.41, 5.74) is 2.90. The highest BCUT2D eigenvalue weighted by molar-refractivity contribution is 7.98. The fraction of sp³-hybridized carbons (Fsp3) is 0.136. The van der Waals surface area contributed by atoms with Crippen LogP contribution in [-0.4, -0.2) is 19.9 Å². The number of aryl methyl sites for hydroxylation is 2. The summed E-state index contributed by atoms with van der Waals surface area (Å²) in [5, 5.41) is 1.88. The Kier molecular flexibility index (Phi) is 5.30. The van der Waals surface area contributed by atoms with E-state index in [9.17, 15) is 9.59 Å². The Morgan fingerprint density at radius 3 is 2.28 bits per heavy atom. The quantitative estimate of drug-likeness (QED) is 0.270. The number of hydrogen-bond acceptors (Lipinski definition) is 4. The number of rotatable bonds is 5. The van der Waals surface area contributed by atoms with E-state index < -0.39 is 0 Å². The Balaban J connectivity index is 1.51. The zero-order valence-electron chi connectivity index (χ0n) is 15.9. The Morgan fingerprint density at radius 2 is 1.62 bits per heavy atom. The molecule has 0 bridgehead atoms. The van der Waals surface area contributed by atoms with Crippen LogP contribution >= 0.6 is 23.4 Å². The smallest absolute Gasteiger partial charge is 0.283 e. The van der Waals surface area contributed by atoms with Crippen LogP contribution in [0.15, 0.2) is 70.7 Å². The van der Waals surface area contributed by atoms with Crippen LogP contribution in [0.2, 0.25) is 5.02 Å². The van der Waals surface area contributed by atoms with Gasteiger partial charge in [0.25, 0.3) is 5.56 Å². The molecule has 0 saturated carbocycles. The predicted molar refractivity (Wildman–Crippen MR) is 117 cm³/mol. The zero-order chi connectivity index (χ0) is 20.5. The van der Waals surface area contributed by atoms with Crippen molar-refractivity contribution in [1.29, 1.82) is 0 Å². The van der Waals surface area contributed by atoms with E-state index in [0.717, 1.165) is 11.2 Å². The van der Waals surface area contributed by atoms with Crippen molar-refractivity contribution in [2.75, 3.05) is 0 Å². The summed E-state index contributed by atoms with van der Waals surface area (Å²) in [6, 6.07) is 16.1. The topological polar surface area (TPSA) is 56.9 Å². The van der Waals surface area contributed by atoms with Gasteiger partial charge >= 0.3 is 0 Å². The minimum Gasteiger partial charge on any atom is -0.337 e. The highest BCUT2D eigenvalue weighted by Gasteiger charge is 2.12. The van der Waals surface area contributed by atoms with Crippen LogP contribution in [-0.2, 0) is 19.8 Å². The number of fused-ring (bicyclic) bond motifs is 1. The van der Waals surface area contributed by atoms with E-state index in [1.807, 2.05) is 53.7 Å². The van der Waals surface area contributed by atoms with Gasteiger partial charge in [0, 0.05) is 42.2 Å². The van der Waals surface area contributed by atoms with Crippen molar-refractivity contribution < 1.29 is 4.79 Å². The van der Waals surface area contributed by atoms with E-state index in [4.69, 9.17) is 11.6 Å². The Bertz CT molecular complexity index is 1260. The number of nitrogens with zero attached hydrogens (tertiary/aromatic N) is 3. The number of carbonyl (C=O) groups is 1. The fourth-order valence-corrected chi connectivity index (χ4v) is 4.26. The van der Waals surface area contributed by atoms with Gasteiger partial charge in [-0.3, -0.25) is 9.59 Å². The molecule has 7 heteroatoms. The molecule has 0 fully saturated rings. The highest BCUT2D eigenvalue weighted by Crippen LogP contribution is 2.23. The van der Waals surface area contributed by atoms with Gasteiger partial charge in [-0.15, -0.1) is 0 Å². The molecule has 0 saturated heterocycles. The molecule has 0 aliphatic carbocycles. The third-order valence-electron chi connectivity index (χ3n) is 4.76. The maximum Gasteiger partial charge on any atom is 0.283 e. The molecule has 146 valence electrons. The van der Waals surface area contributed by atoms with E-state index >= 15 is 0 Å². The second kappa shape index (κ2) is 7.89. The molecule has 0 atom stereocenters. The van der Waals surface area contributed by atoms with E-state index in [2.05, 4.69) is 4.98 Å². The largest absolute Gasteiger partial charge is 0.337 e. The molecule has 4 aromatic rings. The second-order valence-corrected chi connectivity index (χ2v) is 8.12. The van der Waals surface area contributed by atoms with Gasteiger partial charge in [0.2, 0.25) is 0 Å². The standard InChI is InChI=1S/C22H18ClN3O2S/c1-25-12-11-18-20(28)24-22(26(2)21(18)25)29-13-14-3-5-15(6-4-14)19(27)16-7-9-17(23)10-8-16/h3-12H,13H2,1-2H3. The number of halogens is 1. The molecule has 2 aromatic heterocycles. The lowest BCUT2D eigenvalue weighted by Gasteiger charge is -2.10. The van der Waals surface area contributed by atoms with Crippen molar-refractivity contribution in [2.45, 2.75) is 10.9 Å². The van der Waals surface area contributed by atoms with Crippen LogP contribution in [0.25, 0.3) is 11.0 Å². The molecule has 0 aliphatic heterocycles. The zero-order valence-corrected chi connectivity index (χ0v) is 17.5. The lowest BCUT2D eigenvalue weighted by atomic mass is 10.0. The number of aromatic nitrogens is 3. The summed E-state index contributed by atoms with van der Waals surface area (Å²) in [4.78, 5) is 29.0. The number of ketones is 1. The molecule has 0 amide bonds. The number of carbonyl (C=O) groups excluding carboxylic acids is 1. The molecule has 2 aromatic carbocycles. The van der Waals surface area contributed by atoms with Gasteiger partial charge < -0.3 is 9.13 Å². The molecule has 0 N–H and O–H groups in total. The van der Waals surface area contributed by atoms with Crippen LogP contribution in [0.4, 0.5) is 0 Å². The first-order chi connectivity index (χ1) is 13.9. The molecular formula is C22H18ClN3O2S. The number of thioether (sulfide) groups is 1. The van der Waals surface area contributed by atoms with Gasteiger partial charge in [-0.1, -0.05) is 47.6 Å². The SMILES string of the molecule is Cn1ccc2c(=O)nc(SCc3ccc(C(=O)c4ccc(Cl)cc4)cc3)n(C)c21. The normalized spacial score (nSPS) is 11.1. The molecule has 0 aliphatic rings. The summed E-state index contributed by atoms with van der Waals surface area (Å²) in [7, 11) is 3.82. The summed E-state index contributed by atoms with van der Waals surface area (Å²) in [5.74, 6) is 0.602. The maximum atomic E-state index is 12.6. The van der Waals surface area contributed by atoms with E-state index in [0.29, 0.717) is 32.4 Å². The highest BCUT2D eigenvalue weighted by atomic mass is 35.5. The summed E-state index contributed by atoms with van der Waals surface area (Å²) >= 11 is 7.37. The fourth-order valence-electron chi connectivity index (χ4n) is 3.22. The first-order valence-electron chi connectivity index (χ1n) is 8.98. The monoisotopic (exact) mass is 423 g/mol. The van der Waals surface area contributed by atoms with Crippen molar-refractivity contribution in [2.24, 2.45) is 14.1 Å². The Hall–Kier alpha value is -2.83. The minimum absolute atomic E-state index is 0.0425. The lowest BCUT2D eigenvalue weighted by Crippen LogP contribution is -2.14. The van der Waals surface area contributed by atoms with Crippen LogP contribution in [0.5, 0.6) is 0 Å². The molecular weight excluding hydrogens is 406 g/mol.